The summed E-state index contributed by atoms with van der Waals surface area (Å²) in [7, 11) is -3.26. The second kappa shape index (κ2) is 9.06. The molecule has 1 aliphatic carbocycles. The van der Waals surface area contributed by atoms with E-state index >= 15 is 0 Å². The number of hydrogen-bond acceptors (Lipinski definition) is 4. The molecule has 0 radical (unpaired) electrons. The van der Waals surface area contributed by atoms with Crippen molar-refractivity contribution in [3.8, 4) is 0 Å². The number of rotatable bonds is 7. The first kappa shape index (κ1) is 22.3. The van der Waals surface area contributed by atoms with Crippen molar-refractivity contribution in [3.05, 3.63) is 89.5 Å². The van der Waals surface area contributed by atoms with Crippen LogP contribution in [0, 0.1) is 5.92 Å². The molecule has 0 aromatic heterocycles. The lowest BCUT2D eigenvalue weighted by Gasteiger charge is -2.17. The Bertz CT molecular complexity index is 1330. The molecule has 0 unspecified atom stereocenters. The Balaban J connectivity index is 1.18. The number of fused-ring (bicyclic) bond motifs is 1. The number of hydrogen-bond donors (Lipinski definition) is 1. The van der Waals surface area contributed by atoms with E-state index in [0.29, 0.717) is 28.6 Å². The first-order valence-corrected chi connectivity index (χ1v) is 13.2. The van der Waals surface area contributed by atoms with E-state index in [9.17, 15) is 18.0 Å². The van der Waals surface area contributed by atoms with Gasteiger partial charge in [-0.1, -0.05) is 30.3 Å². The van der Waals surface area contributed by atoms with Crippen LogP contribution in [0.4, 0.5) is 11.4 Å². The number of nitrogens with zero attached hydrogens (tertiary/aromatic N) is 1. The fraction of sp³-hybridized carbons (Fsp3) is 0.259. The normalized spacial score (nSPS) is 15.1. The molecule has 174 valence electrons. The zero-order chi connectivity index (χ0) is 23.7. The van der Waals surface area contributed by atoms with Crippen molar-refractivity contribution >= 4 is 33.0 Å². The number of anilines is 2. The van der Waals surface area contributed by atoms with E-state index in [1.54, 1.807) is 53.4 Å². The van der Waals surface area contributed by atoms with Gasteiger partial charge in [0.05, 0.1) is 17.1 Å². The van der Waals surface area contributed by atoms with E-state index < -0.39 is 9.84 Å². The Morgan fingerprint density at radius 2 is 1.62 bits per heavy atom. The summed E-state index contributed by atoms with van der Waals surface area (Å²) < 4.78 is 24.7. The topological polar surface area (TPSA) is 83.5 Å². The van der Waals surface area contributed by atoms with Crippen LogP contribution in [-0.2, 0) is 27.5 Å². The summed E-state index contributed by atoms with van der Waals surface area (Å²) in [4.78, 5) is 27.5. The molecule has 6 nitrogen and oxygen atoms in total. The zero-order valence-corrected chi connectivity index (χ0v) is 19.6. The van der Waals surface area contributed by atoms with Crippen LogP contribution in [0.15, 0.2) is 77.7 Å². The van der Waals surface area contributed by atoms with Crippen molar-refractivity contribution in [1.82, 2.24) is 0 Å². The lowest BCUT2D eigenvalue weighted by Crippen LogP contribution is -2.28. The van der Waals surface area contributed by atoms with Crippen molar-refractivity contribution in [1.29, 1.82) is 0 Å². The molecule has 2 amide bonds. The summed E-state index contributed by atoms with van der Waals surface area (Å²) in [5.74, 6) is 0.235. The SMILES string of the molecule is O=C(Cc1ccc(S(=O)(=O)CC2CC2)cc1)Nc1ccc(C(=O)N2CCc3ccccc32)cc1. The highest BCUT2D eigenvalue weighted by atomic mass is 32.2. The van der Waals surface area contributed by atoms with E-state index in [2.05, 4.69) is 5.32 Å². The number of benzene rings is 3. The average molecular weight is 475 g/mol. The van der Waals surface area contributed by atoms with Crippen molar-refractivity contribution in [2.75, 3.05) is 22.5 Å². The molecule has 0 spiro atoms. The van der Waals surface area contributed by atoms with Gasteiger partial charge < -0.3 is 10.2 Å². The highest BCUT2D eigenvalue weighted by molar-refractivity contribution is 7.91. The monoisotopic (exact) mass is 474 g/mol. The maximum atomic E-state index is 12.9. The van der Waals surface area contributed by atoms with Crippen LogP contribution in [0.3, 0.4) is 0 Å². The largest absolute Gasteiger partial charge is 0.326 e. The lowest BCUT2D eigenvalue weighted by molar-refractivity contribution is -0.115. The summed E-state index contributed by atoms with van der Waals surface area (Å²) >= 11 is 0. The first-order valence-electron chi connectivity index (χ1n) is 11.5. The second-order valence-corrected chi connectivity index (χ2v) is 11.0. The molecule has 1 N–H and O–H groups in total. The molecule has 1 heterocycles. The molecule has 1 saturated carbocycles. The minimum Gasteiger partial charge on any atom is -0.326 e. The van der Waals surface area contributed by atoms with Crippen molar-refractivity contribution < 1.29 is 18.0 Å². The minimum absolute atomic E-state index is 0.0560. The van der Waals surface area contributed by atoms with Crippen LogP contribution in [0.25, 0.3) is 0 Å². The summed E-state index contributed by atoms with van der Waals surface area (Å²) in [6, 6.07) is 21.3. The third-order valence-corrected chi connectivity index (χ3v) is 8.25. The molecule has 5 rings (SSSR count). The first-order chi connectivity index (χ1) is 16.4. The Hall–Kier alpha value is -3.45. The van der Waals surface area contributed by atoms with E-state index in [1.165, 1.54) is 5.56 Å². The molecule has 0 atom stereocenters. The molecule has 0 bridgehead atoms. The zero-order valence-electron chi connectivity index (χ0n) is 18.7. The molecule has 34 heavy (non-hydrogen) atoms. The molecular formula is C27H26N2O4S. The number of para-hydroxylation sites is 1. The van der Waals surface area contributed by atoms with Crippen LogP contribution in [-0.4, -0.2) is 32.5 Å². The van der Waals surface area contributed by atoms with Gasteiger partial charge >= 0.3 is 0 Å². The minimum atomic E-state index is -3.26. The fourth-order valence-electron chi connectivity index (χ4n) is 4.30. The van der Waals surface area contributed by atoms with E-state index in [0.717, 1.165) is 30.5 Å². The highest BCUT2D eigenvalue weighted by Crippen LogP contribution is 2.32. The molecule has 1 fully saturated rings. The van der Waals surface area contributed by atoms with Crippen LogP contribution in [0.5, 0.6) is 0 Å². The van der Waals surface area contributed by atoms with Gasteiger partial charge in [-0.15, -0.1) is 0 Å². The number of sulfone groups is 1. The number of amides is 2. The Morgan fingerprint density at radius 1 is 0.912 bits per heavy atom. The van der Waals surface area contributed by atoms with Crippen molar-refractivity contribution in [2.45, 2.75) is 30.6 Å². The van der Waals surface area contributed by atoms with Gasteiger partial charge in [-0.25, -0.2) is 8.42 Å². The van der Waals surface area contributed by atoms with Gasteiger partial charge in [-0.3, -0.25) is 9.59 Å². The molecule has 3 aromatic carbocycles. The lowest BCUT2D eigenvalue weighted by atomic mass is 10.1. The van der Waals surface area contributed by atoms with Gasteiger partial charge in [0, 0.05) is 23.5 Å². The standard InChI is InChI=1S/C27H26N2O4S/c30-26(17-19-7-13-24(14-8-19)34(32,33)18-20-5-6-20)28-23-11-9-22(10-12-23)27(31)29-16-15-21-3-1-2-4-25(21)29/h1-4,7-14,20H,5-6,15-18H2,(H,28,30). The van der Waals surface area contributed by atoms with Gasteiger partial charge in [-0.05, 0) is 78.8 Å². The third kappa shape index (κ3) is 4.89. The summed E-state index contributed by atoms with van der Waals surface area (Å²) in [5.41, 5.74) is 4.04. The Labute approximate surface area is 199 Å². The number of carbonyl (C=O) groups excluding carboxylic acids is 2. The van der Waals surface area contributed by atoms with Crippen molar-refractivity contribution in [3.63, 3.8) is 0 Å². The molecule has 3 aromatic rings. The smallest absolute Gasteiger partial charge is 0.258 e. The molecule has 2 aliphatic rings. The van der Waals surface area contributed by atoms with Crippen LogP contribution >= 0.6 is 0 Å². The molecular weight excluding hydrogens is 448 g/mol. The maximum Gasteiger partial charge on any atom is 0.258 e. The Morgan fingerprint density at radius 3 is 2.32 bits per heavy atom. The van der Waals surface area contributed by atoms with Gasteiger partial charge in [0.25, 0.3) is 5.91 Å². The van der Waals surface area contributed by atoms with E-state index in [1.807, 2.05) is 24.3 Å². The highest BCUT2D eigenvalue weighted by Gasteiger charge is 2.29. The van der Waals surface area contributed by atoms with Crippen molar-refractivity contribution in [2.24, 2.45) is 5.92 Å². The Kier molecular flexibility index (Phi) is 5.96. The number of carbonyl (C=O) groups is 2. The number of nitrogens with one attached hydrogen (secondary N) is 1. The second-order valence-electron chi connectivity index (χ2n) is 9.01. The molecule has 1 aliphatic heterocycles. The van der Waals surface area contributed by atoms with Gasteiger partial charge in [0.2, 0.25) is 5.91 Å². The van der Waals surface area contributed by atoms with Crippen LogP contribution in [0.2, 0.25) is 0 Å². The van der Waals surface area contributed by atoms with E-state index in [-0.39, 0.29) is 24.0 Å². The van der Waals surface area contributed by atoms with Gasteiger partial charge in [0.15, 0.2) is 9.84 Å². The summed E-state index contributed by atoms with van der Waals surface area (Å²) in [6.07, 6.45) is 2.95. The third-order valence-electron chi connectivity index (χ3n) is 6.35. The molecule has 7 heteroatoms. The average Bonchev–Trinajstić information content (AvgIpc) is 3.53. The quantitative estimate of drug-likeness (QED) is 0.555. The van der Waals surface area contributed by atoms with E-state index in [4.69, 9.17) is 0 Å². The predicted octanol–water partition coefficient (Wildman–Crippen LogP) is 4.25. The summed E-state index contributed by atoms with van der Waals surface area (Å²) in [6.45, 7) is 0.664. The fourth-order valence-corrected chi connectivity index (χ4v) is 5.99. The molecule has 0 saturated heterocycles. The summed E-state index contributed by atoms with van der Waals surface area (Å²) in [5, 5.41) is 2.84. The van der Waals surface area contributed by atoms with Crippen LogP contribution in [0.1, 0.15) is 34.3 Å². The predicted molar refractivity (Wildman–Crippen MR) is 132 cm³/mol. The van der Waals surface area contributed by atoms with Crippen LogP contribution < -0.4 is 10.2 Å². The maximum absolute atomic E-state index is 12.9. The van der Waals surface area contributed by atoms with Gasteiger partial charge in [0.1, 0.15) is 0 Å². The van der Waals surface area contributed by atoms with Gasteiger partial charge in [-0.2, -0.15) is 0 Å².